The Morgan fingerprint density at radius 2 is 1.81 bits per heavy atom. The topological polar surface area (TPSA) is 107 Å². The lowest BCUT2D eigenvalue weighted by Gasteiger charge is -2.28. The highest BCUT2D eigenvalue weighted by Crippen LogP contribution is 2.41. The van der Waals surface area contributed by atoms with Crippen molar-refractivity contribution in [3.8, 4) is 6.07 Å². The Labute approximate surface area is 220 Å². The Morgan fingerprint density at radius 3 is 2.46 bits per heavy atom. The average molecular weight is 513 g/mol. The molecule has 2 aromatic carbocycles. The molecule has 7 nitrogen and oxygen atoms in total. The highest BCUT2D eigenvalue weighted by Gasteiger charge is 2.36. The molecule has 8 heteroatoms. The van der Waals surface area contributed by atoms with Crippen molar-refractivity contribution in [3.63, 3.8) is 0 Å². The van der Waals surface area contributed by atoms with E-state index in [1.54, 1.807) is 19.1 Å². The fourth-order valence-corrected chi connectivity index (χ4v) is 5.00. The molecule has 1 aliphatic heterocycles. The molecule has 0 fully saturated rings. The molecule has 3 N–H and O–H groups in total. The smallest absolute Gasteiger partial charge is 0.254 e. The van der Waals surface area contributed by atoms with E-state index >= 15 is 0 Å². The first-order chi connectivity index (χ1) is 18.0. The number of dihydropyridines is 1. The molecule has 0 saturated carbocycles. The van der Waals surface area contributed by atoms with Crippen LogP contribution in [0.3, 0.4) is 0 Å². The molecule has 37 heavy (non-hydrogen) atoms. The summed E-state index contributed by atoms with van der Waals surface area (Å²) in [6.07, 6.45) is 2.43. The van der Waals surface area contributed by atoms with Crippen LogP contribution < -0.4 is 16.0 Å². The van der Waals surface area contributed by atoms with E-state index in [2.05, 4.69) is 28.9 Å². The van der Waals surface area contributed by atoms with Gasteiger partial charge in [-0.2, -0.15) is 5.26 Å². The van der Waals surface area contributed by atoms with E-state index in [1.165, 1.54) is 23.6 Å². The molecule has 1 atom stereocenters. The molecule has 0 saturated heterocycles. The quantitative estimate of drug-likeness (QED) is 0.363. The number of thioether (sulfide) groups is 1. The van der Waals surface area contributed by atoms with Gasteiger partial charge in [-0.15, -0.1) is 0 Å². The van der Waals surface area contributed by atoms with Crippen LogP contribution >= 0.6 is 11.8 Å². The van der Waals surface area contributed by atoms with Crippen LogP contribution in [0.5, 0.6) is 0 Å². The number of benzene rings is 2. The normalized spacial score (nSPS) is 15.1. The molecule has 3 aromatic rings. The molecule has 2 amide bonds. The van der Waals surface area contributed by atoms with E-state index in [-0.39, 0.29) is 17.6 Å². The Kier molecular flexibility index (Phi) is 8.49. The van der Waals surface area contributed by atoms with E-state index in [4.69, 9.17) is 4.42 Å². The third-order valence-electron chi connectivity index (χ3n) is 6.02. The van der Waals surface area contributed by atoms with Crippen molar-refractivity contribution >= 4 is 29.3 Å². The molecule has 0 spiro atoms. The Morgan fingerprint density at radius 1 is 1.05 bits per heavy atom. The summed E-state index contributed by atoms with van der Waals surface area (Å²) in [6.45, 7) is 4.28. The molecule has 2 heterocycles. The van der Waals surface area contributed by atoms with Gasteiger partial charge in [-0.25, -0.2) is 0 Å². The number of rotatable bonds is 9. The summed E-state index contributed by atoms with van der Waals surface area (Å²) in [5.74, 6) is -0.589. The molecule has 188 valence electrons. The number of aryl methyl sites for hydroxylation is 1. The summed E-state index contributed by atoms with van der Waals surface area (Å²) in [5, 5.41) is 19.7. The Balaban J connectivity index is 1.53. The first-order valence-electron chi connectivity index (χ1n) is 12.0. The number of amides is 2. The number of furan rings is 1. The zero-order valence-electron chi connectivity index (χ0n) is 20.7. The molecule has 0 bridgehead atoms. The van der Waals surface area contributed by atoms with Gasteiger partial charge in [0.2, 0.25) is 5.91 Å². The summed E-state index contributed by atoms with van der Waals surface area (Å²) in [6, 6.07) is 23.0. The van der Waals surface area contributed by atoms with Gasteiger partial charge >= 0.3 is 0 Å². The second-order valence-corrected chi connectivity index (χ2v) is 9.51. The second-order valence-electron chi connectivity index (χ2n) is 8.52. The lowest BCUT2D eigenvalue weighted by Crippen LogP contribution is -2.31. The first kappa shape index (κ1) is 25.9. The number of nitriles is 1. The van der Waals surface area contributed by atoms with Crippen LogP contribution in [0.25, 0.3) is 0 Å². The van der Waals surface area contributed by atoms with Crippen LogP contribution in [-0.4, -0.2) is 17.6 Å². The van der Waals surface area contributed by atoms with Crippen LogP contribution in [-0.2, 0) is 22.6 Å². The molecule has 0 radical (unpaired) electrons. The number of nitrogens with one attached hydrogen (secondary N) is 3. The second kappa shape index (κ2) is 12.2. The number of anilines is 1. The van der Waals surface area contributed by atoms with Gasteiger partial charge in [-0.05, 0) is 48.7 Å². The van der Waals surface area contributed by atoms with E-state index in [9.17, 15) is 14.9 Å². The number of hydrogen-bond acceptors (Lipinski definition) is 6. The van der Waals surface area contributed by atoms with E-state index in [0.717, 1.165) is 12.0 Å². The van der Waals surface area contributed by atoms with Crippen LogP contribution in [0.4, 0.5) is 5.69 Å². The number of hydrogen-bond donors (Lipinski definition) is 3. The molecule has 1 aliphatic rings. The lowest BCUT2D eigenvalue weighted by atomic mass is 9.85. The first-order valence-corrected chi connectivity index (χ1v) is 13.0. The van der Waals surface area contributed by atoms with Crippen LogP contribution in [0.1, 0.15) is 36.7 Å². The fraction of sp³-hybridized carbons (Fsp3) is 0.207. The molecule has 4 rings (SSSR count). The number of carbonyl (C=O) groups excluding carboxylic acids is 2. The van der Waals surface area contributed by atoms with Gasteiger partial charge in [0, 0.05) is 17.9 Å². The van der Waals surface area contributed by atoms with E-state index < -0.39 is 5.92 Å². The zero-order valence-corrected chi connectivity index (χ0v) is 21.5. The summed E-state index contributed by atoms with van der Waals surface area (Å²) < 4.78 is 5.66. The average Bonchev–Trinajstić information content (AvgIpc) is 3.46. The van der Waals surface area contributed by atoms with Crippen molar-refractivity contribution in [2.24, 2.45) is 0 Å². The predicted molar refractivity (Wildman–Crippen MR) is 145 cm³/mol. The van der Waals surface area contributed by atoms with Crippen molar-refractivity contribution in [1.82, 2.24) is 10.6 Å². The molecule has 0 unspecified atom stereocenters. The highest BCUT2D eigenvalue weighted by molar-refractivity contribution is 8.03. The van der Waals surface area contributed by atoms with Crippen molar-refractivity contribution in [1.29, 1.82) is 5.26 Å². The van der Waals surface area contributed by atoms with Gasteiger partial charge in [0.15, 0.2) is 0 Å². The van der Waals surface area contributed by atoms with Crippen molar-refractivity contribution in [2.75, 3.05) is 11.1 Å². The van der Waals surface area contributed by atoms with Crippen molar-refractivity contribution in [3.05, 3.63) is 112 Å². The summed E-state index contributed by atoms with van der Waals surface area (Å²) in [7, 11) is 0. The largest absolute Gasteiger partial charge is 0.468 e. The zero-order chi connectivity index (χ0) is 26.2. The molecule has 0 aliphatic carbocycles. The monoisotopic (exact) mass is 512 g/mol. The van der Waals surface area contributed by atoms with Crippen molar-refractivity contribution < 1.29 is 14.0 Å². The summed E-state index contributed by atoms with van der Waals surface area (Å²) >= 11 is 1.23. The van der Waals surface area contributed by atoms with Gasteiger partial charge < -0.3 is 20.4 Å². The lowest BCUT2D eigenvalue weighted by molar-refractivity contribution is -0.118. The number of allylic oxidation sites excluding steroid dienone is 2. The van der Waals surface area contributed by atoms with Gasteiger partial charge in [0.05, 0.1) is 40.2 Å². The number of carbonyl (C=O) groups is 2. The van der Waals surface area contributed by atoms with Gasteiger partial charge in [-0.1, -0.05) is 61.2 Å². The third kappa shape index (κ3) is 6.32. The highest BCUT2D eigenvalue weighted by atomic mass is 32.2. The standard InChI is InChI=1S/C29H28N4O3S/c1-3-20-11-13-22(14-12-20)33-28(35)26-19(2)32-29(23(16-30)27(26)24-10-7-15-36-24)37-18-25(34)31-17-21-8-5-4-6-9-21/h4-15,27,32H,3,17-18H2,1-2H3,(H,31,34)(H,33,35)/t27-/m0/s1. The minimum atomic E-state index is -0.703. The molecular weight excluding hydrogens is 484 g/mol. The predicted octanol–water partition coefficient (Wildman–Crippen LogP) is 5.23. The maximum Gasteiger partial charge on any atom is 0.254 e. The Hall–Kier alpha value is -4.22. The van der Waals surface area contributed by atoms with E-state index in [0.29, 0.717) is 39.9 Å². The fourth-order valence-electron chi connectivity index (χ4n) is 4.07. The minimum Gasteiger partial charge on any atom is -0.468 e. The third-order valence-corrected chi connectivity index (χ3v) is 7.04. The van der Waals surface area contributed by atoms with Gasteiger partial charge in [0.25, 0.3) is 5.91 Å². The Bertz CT molecular complexity index is 1350. The summed E-state index contributed by atoms with van der Waals surface area (Å²) in [4.78, 5) is 25.9. The molecule has 1 aromatic heterocycles. The maximum absolute atomic E-state index is 13.4. The van der Waals surface area contributed by atoms with Crippen LogP contribution in [0.15, 0.2) is 99.3 Å². The SMILES string of the molecule is CCc1ccc(NC(=O)C2=C(C)NC(SCC(=O)NCc3ccccc3)=C(C#N)[C@H]2c2ccco2)cc1. The minimum absolute atomic E-state index is 0.115. The van der Waals surface area contributed by atoms with E-state index in [1.807, 2.05) is 54.6 Å². The van der Waals surface area contributed by atoms with Gasteiger partial charge in [-0.3, -0.25) is 9.59 Å². The molecular formula is C29H28N4O3S. The summed E-state index contributed by atoms with van der Waals surface area (Å²) in [5.41, 5.74) is 4.15. The van der Waals surface area contributed by atoms with Crippen LogP contribution in [0.2, 0.25) is 0 Å². The maximum atomic E-state index is 13.4. The van der Waals surface area contributed by atoms with Crippen LogP contribution in [0, 0.1) is 11.3 Å². The van der Waals surface area contributed by atoms with Crippen molar-refractivity contribution in [2.45, 2.75) is 32.7 Å². The van der Waals surface area contributed by atoms with Gasteiger partial charge in [0.1, 0.15) is 5.76 Å². The number of nitrogens with zero attached hydrogens (tertiary/aromatic N) is 1.